The van der Waals surface area contributed by atoms with Crippen LogP contribution in [-0.2, 0) is 16.0 Å². The smallest absolute Gasteiger partial charge is 0.290 e. The Balaban J connectivity index is 1.68. The van der Waals surface area contributed by atoms with E-state index in [1.54, 1.807) is 11.0 Å². The van der Waals surface area contributed by atoms with Crippen LogP contribution in [0.4, 0.5) is 0 Å². The predicted molar refractivity (Wildman–Crippen MR) is 157 cm³/mol. The highest BCUT2D eigenvalue weighted by atomic mass is 16.5. The molecule has 0 radical (unpaired) electrons. The standard InChI is InChI=1S/C34H37NO5/c1-3-5-12-23-40-29-20-18-27(24-30(29)39-4-2)32-31(28(36)19-17-25-13-8-6-9-14-25)33(37)34(38)35(32)22-21-26-15-10-7-11-16-26/h6-11,13-20,24,32,37H,3-5,12,21-23H2,1-2H3. The van der Waals surface area contributed by atoms with Gasteiger partial charge in [-0.1, -0.05) is 92.6 Å². The Morgan fingerprint density at radius 2 is 1.65 bits per heavy atom. The third-order valence-electron chi connectivity index (χ3n) is 6.87. The number of nitrogens with zero attached hydrogens (tertiary/aromatic N) is 1. The lowest BCUT2D eigenvalue weighted by Gasteiger charge is -2.27. The fourth-order valence-electron chi connectivity index (χ4n) is 4.82. The monoisotopic (exact) mass is 539 g/mol. The molecule has 6 nitrogen and oxygen atoms in total. The molecule has 1 aliphatic rings. The topological polar surface area (TPSA) is 76.1 Å². The van der Waals surface area contributed by atoms with Crippen LogP contribution in [0.2, 0.25) is 0 Å². The number of aliphatic hydroxyl groups is 1. The molecule has 1 unspecified atom stereocenters. The summed E-state index contributed by atoms with van der Waals surface area (Å²) < 4.78 is 11.9. The first kappa shape index (κ1) is 28.7. The van der Waals surface area contributed by atoms with Gasteiger partial charge in [-0.2, -0.15) is 0 Å². The van der Waals surface area contributed by atoms with Gasteiger partial charge in [0.15, 0.2) is 23.0 Å². The number of ketones is 1. The van der Waals surface area contributed by atoms with Crippen LogP contribution in [0.3, 0.4) is 0 Å². The molecule has 6 heteroatoms. The van der Waals surface area contributed by atoms with Gasteiger partial charge in [0.25, 0.3) is 5.91 Å². The summed E-state index contributed by atoms with van der Waals surface area (Å²) in [5.41, 5.74) is 2.64. The van der Waals surface area contributed by atoms with Crippen LogP contribution in [0.25, 0.3) is 6.08 Å². The molecule has 3 aromatic carbocycles. The Labute approximate surface area is 236 Å². The Morgan fingerprint density at radius 1 is 0.925 bits per heavy atom. The van der Waals surface area contributed by atoms with Crippen molar-refractivity contribution in [2.45, 2.75) is 45.6 Å². The molecule has 0 aliphatic carbocycles. The van der Waals surface area contributed by atoms with Crippen LogP contribution in [0.15, 0.2) is 96.3 Å². The minimum atomic E-state index is -0.766. The zero-order valence-electron chi connectivity index (χ0n) is 23.2. The van der Waals surface area contributed by atoms with Crippen molar-refractivity contribution in [2.24, 2.45) is 0 Å². The number of benzene rings is 3. The molecule has 40 heavy (non-hydrogen) atoms. The third kappa shape index (κ3) is 7.00. The van der Waals surface area contributed by atoms with E-state index in [9.17, 15) is 14.7 Å². The second-order valence-corrected chi connectivity index (χ2v) is 9.70. The van der Waals surface area contributed by atoms with E-state index in [0.717, 1.165) is 30.4 Å². The van der Waals surface area contributed by atoms with Crippen molar-refractivity contribution in [1.29, 1.82) is 0 Å². The molecule has 0 spiro atoms. The molecule has 1 aliphatic heterocycles. The van der Waals surface area contributed by atoms with Gasteiger partial charge in [-0.3, -0.25) is 9.59 Å². The first-order valence-electron chi connectivity index (χ1n) is 14.0. The molecule has 0 fully saturated rings. The molecular formula is C34H37NO5. The van der Waals surface area contributed by atoms with E-state index in [2.05, 4.69) is 6.92 Å². The maximum absolute atomic E-state index is 13.5. The van der Waals surface area contributed by atoms with E-state index in [1.165, 1.54) is 6.08 Å². The number of allylic oxidation sites excluding steroid dienone is 1. The number of ether oxygens (including phenoxy) is 2. The summed E-state index contributed by atoms with van der Waals surface area (Å²) in [4.78, 5) is 28.5. The summed E-state index contributed by atoms with van der Waals surface area (Å²) >= 11 is 0. The number of hydrogen-bond acceptors (Lipinski definition) is 5. The Morgan fingerprint density at radius 3 is 2.35 bits per heavy atom. The Bertz CT molecular complexity index is 1350. The number of unbranched alkanes of at least 4 members (excludes halogenated alkanes) is 2. The van der Waals surface area contributed by atoms with Crippen molar-refractivity contribution in [3.8, 4) is 11.5 Å². The fraction of sp³-hybridized carbons (Fsp3) is 0.294. The van der Waals surface area contributed by atoms with Crippen LogP contribution in [-0.4, -0.2) is 41.5 Å². The number of rotatable bonds is 14. The average molecular weight is 540 g/mol. The SMILES string of the molecule is CCCCCOc1ccc(C2C(C(=O)C=Cc3ccccc3)=C(O)C(=O)N2CCc2ccccc2)cc1OCC. The summed E-state index contributed by atoms with van der Waals surface area (Å²) in [6.07, 6.45) is 6.80. The molecule has 0 saturated heterocycles. The Kier molecular flexibility index (Phi) is 10.2. The van der Waals surface area contributed by atoms with Gasteiger partial charge in [0, 0.05) is 6.54 Å². The zero-order chi connectivity index (χ0) is 28.3. The highest BCUT2D eigenvalue weighted by Crippen LogP contribution is 2.41. The maximum atomic E-state index is 13.5. The van der Waals surface area contributed by atoms with E-state index in [1.807, 2.05) is 85.8 Å². The zero-order valence-corrected chi connectivity index (χ0v) is 23.2. The molecule has 1 heterocycles. The molecular weight excluding hydrogens is 502 g/mol. The average Bonchev–Trinajstić information content (AvgIpc) is 3.24. The molecule has 0 bridgehead atoms. The predicted octanol–water partition coefficient (Wildman–Crippen LogP) is 6.87. The van der Waals surface area contributed by atoms with Crippen molar-refractivity contribution in [2.75, 3.05) is 19.8 Å². The van der Waals surface area contributed by atoms with Gasteiger partial charge in [-0.15, -0.1) is 0 Å². The number of carbonyl (C=O) groups excluding carboxylic acids is 2. The number of carbonyl (C=O) groups is 2. The van der Waals surface area contributed by atoms with E-state index < -0.39 is 23.5 Å². The van der Waals surface area contributed by atoms with Crippen LogP contribution in [0, 0.1) is 0 Å². The highest BCUT2D eigenvalue weighted by molar-refractivity contribution is 6.14. The van der Waals surface area contributed by atoms with Crippen molar-refractivity contribution in [1.82, 2.24) is 4.90 Å². The van der Waals surface area contributed by atoms with Gasteiger partial charge < -0.3 is 19.5 Å². The summed E-state index contributed by atoms with van der Waals surface area (Å²) in [6, 6.07) is 24.0. The van der Waals surface area contributed by atoms with Crippen molar-refractivity contribution in [3.05, 3.63) is 113 Å². The summed E-state index contributed by atoms with van der Waals surface area (Å²) in [6.45, 7) is 5.38. The maximum Gasteiger partial charge on any atom is 0.290 e. The van der Waals surface area contributed by atoms with E-state index in [4.69, 9.17) is 9.47 Å². The molecule has 3 aromatic rings. The lowest BCUT2D eigenvalue weighted by atomic mass is 9.95. The lowest BCUT2D eigenvalue weighted by Crippen LogP contribution is -2.33. The molecule has 208 valence electrons. The number of amides is 1. The number of aliphatic hydroxyl groups excluding tert-OH is 1. The van der Waals surface area contributed by atoms with Crippen molar-refractivity contribution >= 4 is 17.8 Å². The molecule has 0 saturated carbocycles. The minimum absolute atomic E-state index is 0.0595. The van der Waals surface area contributed by atoms with Gasteiger partial charge in [-0.05, 0) is 54.7 Å². The Hall–Kier alpha value is -4.32. The van der Waals surface area contributed by atoms with Gasteiger partial charge in [0.05, 0.1) is 24.8 Å². The third-order valence-corrected chi connectivity index (χ3v) is 6.87. The summed E-state index contributed by atoms with van der Waals surface area (Å²) in [7, 11) is 0. The van der Waals surface area contributed by atoms with Gasteiger partial charge in [-0.25, -0.2) is 0 Å². The van der Waals surface area contributed by atoms with Gasteiger partial charge in [0.1, 0.15) is 0 Å². The summed E-state index contributed by atoms with van der Waals surface area (Å²) in [5, 5.41) is 11.0. The normalized spacial score (nSPS) is 15.2. The lowest BCUT2D eigenvalue weighted by molar-refractivity contribution is -0.129. The van der Waals surface area contributed by atoms with Crippen molar-refractivity contribution < 1.29 is 24.2 Å². The number of hydrogen-bond donors (Lipinski definition) is 1. The van der Waals surface area contributed by atoms with E-state index >= 15 is 0 Å². The first-order chi connectivity index (χ1) is 19.5. The van der Waals surface area contributed by atoms with Crippen LogP contribution in [0.1, 0.15) is 55.8 Å². The molecule has 1 amide bonds. The second-order valence-electron chi connectivity index (χ2n) is 9.70. The molecule has 4 rings (SSSR count). The van der Waals surface area contributed by atoms with Crippen LogP contribution in [0.5, 0.6) is 11.5 Å². The quantitative estimate of drug-likeness (QED) is 0.179. The molecule has 1 N–H and O–H groups in total. The largest absolute Gasteiger partial charge is 0.503 e. The highest BCUT2D eigenvalue weighted by Gasteiger charge is 2.43. The first-order valence-corrected chi connectivity index (χ1v) is 14.0. The van der Waals surface area contributed by atoms with Crippen LogP contribution >= 0.6 is 0 Å². The van der Waals surface area contributed by atoms with Gasteiger partial charge in [0.2, 0.25) is 0 Å². The minimum Gasteiger partial charge on any atom is -0.503 e. The fourth-order valence-corrected chi connectivity index (χ4v) is 4.82. The molecule has 1 atom stereocenters. The second kappa shape index (κ2) is 14.2. The summed E-state index contributed by atoms with van der Waals surface area (Å²) in [5.74, 6) is -0.328. The van der Waals surface area contributed by atoms with Crippen molar-refractivity contribution in [3.63, 3.8) is 0 Å². The van der Waals surface area contributed by atoms with E-state index in [0.29, 0.717) is 43.2 Å². The van der Waals surface area contributed by atoms with Gasteiger partial charge >= 0.3 is 0 Å². The van der Waals surface area contributed by atoms with E-state index in [-0.39, 0.29) is 5.57 Å². The van der Waals surface area contributed by atoms with Crippen LogP contribution < -0.4 is 9.47 Å². The molecule has 0 aromatic heterocycles.